The van der Waals surface area contributed by atoms with Crippen LogP contribution in [0.3, 0.4) is 0 Å². The van der Waals surface area contributed by atoms with Crippen LogP contribution in [-0.2, 0) is 5.41 Å². The lowest BCUT2D eigenvalue weighted by molar-refractivity contribution is 0.405. The summed E-state index contributed by atoms with van der Waals surface area (Å²) in [5.41, 5.74) is 4.03. The monoisotopic (exact) mass is 373 g/mol. The van der Waals surface area contributed by atoms with Gasteiger partial charge in [0.15, 0.2) is 0 Å². The van der Waals surface area contributed by atoms with Crippen molar-refractivity contribution in [3.8, 4) is 0 Å². The van der Waals surface area contributed by atoms with Gasteiger partial charge in [-0.25, -0.2) is 4.39 Å². The zero-order chi connectivity index (χ0) is 19.7. The molecule has 0 aliphatic heterocycles. The van der Waals surface area contributed by atoms with Crippen molar-refractivity contribution in [1.29, 1.82) is 0 Å². The minimum absolute atomic E-state index is 0.0473. The molecule has 0 amide bonds. The van der Waals surface area contributed by atoms with Crippen LogP contribution in [0.1, 0.15) is 58.2 Å². The second kappa shape index (κ2) is 5.89. The summed E-state index contributed by atoms with van der Waals surface area (Å²) in [6.45, 7) is 8.74. The minimum atomic E-state index is -0.363. The van der Waals surface area contributed by atoms with Crippen molar-refractivity contribution < 1.29 is 4.39 Å². The number of fused-ring (bicyclic) bond motifs is 1. The number of aromatic nitrogens is 1. The number of benzene rings is 1. The number of halogens is 1. The van der Waals surface area contributed by atoms with Crippen LogP contribution in [0.4, 0.5) is 4.39 Å². The summed E-state index contributed by atoms with van der Waals surface area (Å²) in [7, 11) is 0. The Morgan fingerprint density at radius 2 is 2.07 bits per heavy atom. The van der Waals surface area contributed by atoms with Crippen molar-refractivity contribution in [3.05, 3.63) is 71.3 Å². The van der Waals surface area contributed by atoms with Gasteiger partial charge >= 0.3 is 0 Å². The molecule has 0 spiro atoms. The molecule has 0 radical (unpaired) electrons. The quantitative estimate of drug-likeness (QED) is 0.521. The lowest BCUT2D eigenvalue weighted by Gasteiger charge is -2.42. The minimum Gasteiger partial charge on any atom is -0.256 e. The van der Waals surface area contributed by atoms with Gasteiger partial charge in [-0.3, -0.25) is 4.98 Å². The van der Waals surface area contributed by atoms with E-state index in [9.17, 15) is 0 Å². The predicted molar refractivity (Wildman–Crippen MR) is 115 cm³/mol. The Kier molecular flexibility index (Phi) is 3.75. The molecular weight excluding hydrogens is 345 g/mol. The van der Waals surface area contributed by atoms with E-state index >= 15 is 4.39 Å². The lowest BCUT2D eigenvalue weighted by Crippen LogP contribution is -2.32. The van der Waals surface area contributed by atoms with Crippen molar-refractivity contribution in [2.24, 2.45) is 17.3 Å². The fraction of sp³-hybridized carbons (Fsp3) is 0.423. The fourth-order valence-electron chi connectivity index (χ4n) is 6.19. The van der Waals surface area contributed by atoms with Crippen LogP contribution in [-0.4, -0.2) is 4.98 Å². The first-order valence-corrected chi connectivity index (χ1v) is 10.6. The van der Waals surface area contributed by atoms with Crippen molar-refractivity contribution in [2.75, 3.05) is 0 Å². The third kappa shape index (κ3) is 2.15. The molecule has 1 heterocycles. The number of rotatable bonds is 3. The van der Waals surface area contributed by atoms with Gasteiger partial charge in [-0.15, -0.1) is 0 Å². The molecule has 0 bridgehead atoms. The number of nitrogens with zero attached hydrogens (tertiary/aromatic N) is 1. The van der Waals surface area contributed by atoms with Crippen LogP contribution in [0.15, 0.2) is 60.1 Å². The van der Waals surface area contributed by atoms with Gasteiger partial charge in [0.2, 0.25) is 0 Å². The fourth-order valence-corrected chi connectivity index (χ4v) is 6.19. The summed E-state index contributed by atoms with van der Waals surface area (Å²) in [6, 6.07) is 8.49. The maximum absolute atomic E-state index is 15.4. The van der Waals surface area contributed by atoms with Crippen LogP contribution in [0, 0.1) is 17.3 Å². The zero-order valence-electron chi connectivity index (χ0n) is 17.2. The molecule has 144 valence electrons. The third-order valence-electron chi connectivity index (χ3n) is 7.55. The van der Waals surface area contributed by atoms with E-state index in [2.05, 4.69) is 64.1 Å². The molecule has 1 fully saturated rings. The molecule has 3 aliphatic carbocycles. The number of allylic oxidation sites excluding steroid dienone is 6. The van der Waals surface area contributed by atoms with Crippen LogP contribution >= 0.6 is 0 Å². The van der Waals surface area contributed by atoms with Gasteiger partial charge in [-0.2, -0.15) is 0 Å². The van der Waals surface area contributed by atoms with E-state index in [-0.39, 0.29) is 16.7 Å². The largest absolute Gasteiger partial charge is 0.256 e. The Labute approximate surface area is 167 Å². The number of pyridine rings is 1. The van der Waals surface area contributed by atoms with Crippen LogP contribution in [0.25, 0.3) is 16.3 Å². The van der Waals surface area contributed by atoms with Crippen LogP contribution in [0.2, 0.25) is 0 Å². The van der Waals surface area contributed by atoms with Gasteiger partial charge < -0.3 is 0 Å². The second-order valence-electron chi connectivity index (χ2n) is 9.24. The molecule has 2 aromatic rings. The summed E-state index contributed by atoms with van der Waals surface area (Å²) in [6.07, 6.45) is 11.5. The van der Waals surface area contributed by atoms with Crippen molar-refractivity contribution >= 4 is 16.3 Å². The molecule has 2 heteroatoms. The van der Waals surface area contributed by atoms with E-state index in [1.807, 2.05) is 12.3 Å². The van der Waals surface area contributed by atoms with Gasteiger partial charge in [0, 0.05) is 22.6 Å². The SMILES string of the molecule is CC=CC1(C2CC=C(F)C3=C2c2nccc4cccc(c24)C3(C)C)CC1CC. The zero-order valence-corrected chi connectivity index (χ0v) is 17.2. The summed E-state index contributed by atoms with van der Waals surface area (Å²) >= 11 is 0. The Morgan fingerprint density at radius 1 is 1.25 bits per heavy atom. The lowest BCUT2D eigenvalue weighted by atomic mass is 9.62. The van der Waals surface area contributed by atoms with Crippen molar-refractivity contribution in [3.63, 3.8) is 0 Å². The number of hydrogen-bond acceptors (Lipinski definition) is 1. The Balaban J connectivity index is 1.83. The topological polar surface area (TPSA) is 12.9 Å². The normalized spacial score (nSPS) is 30.5. The van der Waals surface area contributed by atoms with E-state index in [0.717, 1.165) is 17.7 Å². The summed E-state index contributed by atoms with van der Waals surface area (Å²) in [5.74, 6) is 0.930. The van der Waals surface area contributed by atoms with Crippen molar-refractivity contribution in [2.45, 2.75) is 52.4 Å². The summed E-state index contributed by atoms with van der Waals surface area (Å²) in [4.78, 5) is 4.85. The summed E-state index contributed by atoms with van der Waals surface area (Å²) < 4.78 is 15.4. The van der Waals surface area contributed by atoms with E-state index in [1.165, 1.54) is 34.8 Å². The predicted octanol–water partition coefficient (Wildman–Crippen LogP) is 7.15. The average Bonchev–Trinajstić information content (AvgIpc) is 3.40. The second-order valence-corrected chi connectivity index (χ2v) is 9.24. The molecule has 1 saturated carbocycles. The molecule has 1 aromatic carbocycles. The Hall–Kier alpha value is -2.22. The first-order chi connectivity index (χ1) is 13.5. The molecule has 3 unspecified atom stereocenters. The first-order valence-electron chi connectivity index (χ1n) is 10.6. The first kappa shape index (κ1) is 17.8. The van der Waals surface area contributed by atoms with Gasteiger partial charge in [0.05, 0.1) is 5.69 Å². The van der Waals surface area contributed by atoms with Crippen LogP contribution < -0.4 is 0 Å². The molecule has 3 atom stereocenters. The smallest absolute Gasteiger partial charge is 0.123 e. The highest BCUT2D eigenvalue weighted by Crippen LogP contribution is 2.67. The van der Waals surface area contributed by atoms with Gasteiger partial charge in [0.1, 0.15) is 5.83 Å². The van der Waals surface area contributed by atoms with Crippen molar-refractivity contribution in [1.82, 2.24) is 4.98 Å². The molecule has 1 nitrogen and oxygen atoms in total. The van der Waals surface area contributed by atoms with Gasteiger partial charge in [-0.05, 0) is 65.7 Å². The molecule has 0 saturated heterocycles. The maximum atomic E-state index is 15.4. The molecular formula is C26H28FN. The summed E-state index contributed by atoms with van der Waals surface area (Å²) in [5, 5.41) is 2.43. The van der Waals surface area contributed by atoms with E-state index in [0.29, 0.717) is 11.8 Å². The maximum Gasteiger partial charge on any atom is 0.123 e. The Morgan fingerprint density at radius 3 is 2.79 bits per heavy atom. The van der Waals surface area contributed by atoms with Gasteiger partial charge in [-0.1, -0.05) is 57.5 Å². The average molecular weight is 374 g/mol. The van der Waals surface area contributed by atoms with E-state index < -0.39 is 0 Å². The number of hydrogen-bond donors (Lipinski definition) is 0. The molecule has 28 heavy (non-hydrogen) atoms. The highest BCUT2D eigenvalue weighted by molar-refractivity contribution is 6.00. The van der Waals surface area contributed by atoms with E-state index in [4.69, 9.17) is 4.98 Å². The van der Waals surface area contributed by atoms with Crippen LogP contribution in [0.5, 0.6) is 0 Å². The van der Waals surface area contributed by atoms with Gasteiger partial charge in [0.25, 0.3) is 0 Å². The molecule has 3 aliphatic rings. The standard InChI is InChI=1S/C26H28FN/c1-5-13-26(15-17(26)6-2)19-10-11-20(27)23-22(19)24-21-16(12-14-28-24)8-7-9-18(21)25(23,3)4/h5,7-9,11-14,17,19H,6,10,15H2,1-4H3. The molecule has 1 aromatic heterocycles. The Bertz CT molecular complexity index is 1070. The highest BCUT2D eigenvalue weighted by atomic mass is 19.1. The molecule has 0 N–H and O–H groups in total. The third-order valence-corrected chi connectivity index (χ3v) is 7.55. The van der Waals surface area contributed by atoms with E-state index in [1.54, 1.807) is 0 Å². The highest BCUT2D eigenvalue weighted by Gasteiger charge is 2.58. The molecule has 5 rings (SSSR count).